The van der Waals surface area contributed by atoms with E-state index in [-0.39, 0.29) is 24.5 Å². The Bertz CT molecular complexity index is 369. The number of hydrogen-bond donors (Lipinski definition) is 2. The van der Waals surface area contributed by atoms with Gasteiger partial charge in [-0.05, 0) is 25.2 Å². The molecule has 2 atom stereocenters. The molecular weight excluding hydrogens is 272 g/mol. The molecule has 6 heteroatoms. The number of methoxy groups -OCH3 is 1. The van der Waals surface area contributed by atoms with Crippen LogP contribution in [0.15, 0.2) is 0 Å². The molecule has 1 amide bonds. The summed E-state index contributed by atoms with van der Waals surface area (Å²) in [4.78, 5) is 24.4. The summed E-state index contributed by atoms with van der Waals surface area (Å²) >= 11 is 0. The lowest BCUT2D eigenvalue weighted by Crippen LogP contribution is -2.54. The Morgan fingerprint density at radius 1 is 1.19 bits per heavy atom. The van der Waals surface area contributed by atoms with Crippen LogP contribution in [0.5, 0.6) is 0 Å². The fourth-order valence-corrected chi connectivity index (χ4v) is 3.60. The van der Waals surface area contributed by atoms with Gasteiger partial charge < -0.3 is 20.1 Å². The Morgan fingerprint density at radius 2 is 1.90 bits per heavy atom. The normalized spacial score (nSPS) is 27.4. The molecule has 0 aromatic heterocycles. The molecule has 2 fully saturated rings. The first kappa shape index (κ1) is 16.1. The van der Waals surface area contributed by atoms with Crippen LogP contribution in [0.25, 0.3) is 0 Å². The van der Waals surface area contributed by atoms with Gasteiger partial charge in [0.15, 0.2) is 0 Å². The van der Waals surface area contributed by atoms with Gasteiger partial charge in [-0.25, -0.2) is 4.79 Å². The number of carbonyl (C=O) groups is 2. The molecule has 1 aliphatic heterocycles. The average molecular weight is 298 g/mol. The summed E-state index contributed by atoms with van der Waals surface area (Å²) in [6.45, 7) is 1.08. The number of piperidine rings is 1. The summed E-state index contributed by atoms with van der Waals surface area (Å²) in [5, 5.41) is 12.6. The van der Waals surface area contributed by atoms with Gasteiger partial charge in [-0.2, -0.15) is 0 Å². The summed E-state index contributed by atoms with van der Waals surface area (Å²) in [5.41, 5.74) is 0. The van der Waals surface area contributed by atoms with E-state index in [1.165, 1.54) is 39.2 Å². The van der Waals surface area contributed by atoms with Gasteiger partial charge >= 0.3 is 12.1 Å². The number of nitrogens with one attached hydrogen (secondary N) is 1. The SMILES string of the molecule is COC(=O)N1CC(CC(=O)O)CC(NC2CCCCC2)C1. The van der Waals surface area contributed by atoms with Gasteiger partial charge in [-0.1, -0.05) is 19.3 Å². The smallest absolute Gasteiger partial charge is 0.409 e. The average Bonchev–Trinajstić information content (AvgIpc) is 2.46. The van der Waals surface area contributed by atoms with Crippen LogP contribution in [0.2, 0.25) is 0 Å². The molecule has 21 heavy (non-hydrogen) atoms. The number of aliphatic carboxylic acids is 1. The molecule has 0 bridgehead atoms. The van der Waals surface area contributed by atoms with Crippen LogP contribution in [0.1, 0.15) is 44.9 Å². The lowest BCUT2D eigenvalue weighted by molar-refractivity contribution is -0.138. The van der Waals surface area contributed by atoms with Crippen LogP contribution in [-0.4, -0.2) is 54.4 Å². The molecule has 120 valence electrons. The number of ether oxygens (including phenoxy) is 1. The van der Waals surface area contributed by atoms with Crippen LogP contribution in [0.3, 0.4) is 0 Å². The number of rotatable bonds is 4. The molecule has 0 aromatic carbocycles. The second-order valence-electron chi connectivity index (χ2n) is 6.27. The predicted octanol–water partition coefficient (Wildman–Crippen LogP) is 1.84. The fourth-order valence-electron chi connectivity index (χ4n) is 3.60. The van der Waals surface area contributed by atoms with Crippen molar-refractivity contribution in [3.05, 3.63) is 0 Å². The molecule has 0 radical (unpaired) electrons. The van der Waals surface area contributed by atoms with Crippen molar-refractivity contribution >= 4 is 12.1 Å². The third-order valence-corrected chi connectivity index (χ3v) is 4.51. The largest absolute Gasteiger partial charge is 0.481 e. The minimum Gasteiger partial charge on any atom is -0.481 e. The van der Waals surface area contributed by atoms with E-state index in [0.717, 1.165) is 6.42 Å². The zero-order valence-electron chi connectivity index (χ0n) is 12.7. The standard InChI is InChI=1S/C15H26N2O4/c1-21-15(20)17-9-11(8-14(18)19)7-13(10-17)16-12-5-3-2-4-6-12/h11-13,16H,2-10H2,1H3,(H,18,19). The molecule has 0 aromatic rings. The Kier molecular flexibility index (Phi) is 5.85. The predicted molar refractivity (Wildman–Crippen MR) is 78.1 cm³/mol. The zero-order chi connectivity index (χ0) is 15.2. The highest BCUT2D eigenvalue weighted by Crippen LogP contribution is 2.24. The Balaban J connectivity index is 1.94. The van der Waals surface area contributed by atoms with E-state index in [1.54, 1.807) is 4.90 Å². The summed E-state index contributed by atoms with van der Waals surface area (Å²) < 4.78 is 4.79. The highest BCUT2D eigenvalue weighted by Gasteiger charge is 2.32. The van der Waals surface area contributed by atoms with Crippen molar-refractivity contribution in [3.8, 4) is 0 Å². The van der Waals surface area contributed by atoms with Crippen molar-refractivity contribution < 1.29 is 19.4 Å². The van der Waals surface area contributed by atoms with Crippen molar-refractivity contribution in [2.45, 2.75) is 57.0 Å². The Morgan fingerprint density at radius 3 is 2.52 bits per heavy atom. The van der Waals surface area contributed by atoms with E-state index in [0.29, 0.717) is 19.1 Å². The number of likely N-dealkylation sites (tertiary alicyclic amines) is 1. The molecule has 1 aliphatic carbocycles. The third kappa shape index (κ3) is 4.88. The topological polar surface area (TPSA) is 78.9 Å². The number of carboxylic acids is 1. The summed E-state index contributed by atoms with van der Waals surface area (Å²) in [6, 6.07) is 0.678. The van der Waals surface area contributed by atoms with Crippen molar-refractivity contribution in [1.82, 2.24) is 10.2 Å². The van der Waals surface area contributed by atoms with Crippen molar-refractivity contribution in [3.63, 3.8) is 0 Å². The second-order valence-corrected chi connectivity index (χ2v) is 6.27. The Labute approximate surface area is 125 Å². The third-order valence-electron chi connectivity index (χ3n) is 4.51. The van der Waals surface area contributed by atoms with Gasteiger partial charge in [0.25, 0.3) is 0 Å². The number of carboxylic acid groups (broad SMARTS) is 1. The highest BCUT2D eigenvalue weighted by molar-refractivity contribution is 5.69. The van der Waals surface area contributed by atoms with Crippen LogP contribution < -0.4 is 5.32 Å². The first-order valence-corrected chi connectivity index (χ1v) is 7.89. The lowest BCUT2D eigenvalue weighted by Gasteiger charge is -2.39. The van der Waals surface area contributed by atoms with E-state index in [2.05, 4.69) is 5.32 Å². The maximum atomic E-state index is 11.8. The minimum absolute atomic E-state index is 0.00330. The van der Waals surface area contributed by atoms with Gasteiger partial charge in [0.05, 0.1) is 7.11 Å². The van der Waals surface area contributed by atoms with E-state index in [1.807, 2.05) is 0 Å². The summed E-state index contributed by atoms with van der Waals surface area (Å²) in [6.07, 6.45) is 6.73. The number of amides is 1. The second kappa shape index (κ2) is 7.64. The molecule has 0 spiro atoms. The molecule has 2 N–H and O–H groups in total. The fraction of sp³-hybridized carbons (Fsp3) is 0.867. The maximum absolute atomic E-state index is 11.8. The van der Waals surface area contributed by atoms with E-state index in [4.69, 9.17) is 9.84 Å². The van der Waals surface area contributed by atoms with Crippen LogP contribution in [0.4, 0.5) is 4.79 Å². The molecular formula is C15H26N2O4. The van der Waals surface area contributed by atoms with Crippen LogP contribution in [-0.2, 0) is 9.53 Å². The van der Waals surface area contributed by atoms with Crippen molar-refractivity contribution in [2.24, 2.45) is 5.92 Å². The number of nitrogens with zero attached hydrogens (tertiary/aromatic N) is 1. The van der Waals surface area contributed by atoms with E-state index < -0.39 is 5.97 Å². The van der Waals surface area contributed by atoms with Gasteiger partial charge in [-0.15, -0.1) is 0 Å². The molecule has 1 heterocycles. The van der Waals surface area contributed by atoms with Crippen molar-refractivity contribution in [1.29, 1.82) is 0 Å². The molecule has 2 rings (SSSR count). The first-order valence-electron chi connectivity index (χ1n) is 7.89. The van der Waals surface area contributed by atoms with E-state index in [9.17, 15) is 9.59 Å². The molecule has 6 nitrogen and oxygen atoms in total. The van der Waals surface area contributed by atoms with Gasteiger partial charge in [0, 0.05) is 31.6 Å². The number of carbonyl (C=O) groups excluding carboxylic acids is 1. The minimum atomic E-state index is -0.803. The van der Waals surface area contributed by atoms with Crippen LogP contribution >= 0.6 is 0 Å². The van der Waals surface area contributed by atoms with E-state index >= 15 is 0 Å². The first-order chi connectivity index (χ1) is 10.1. The van der Waals surface area contributed by atoms with Gasteiger partial charge in [0.2, 0.25) is 0 Å². The maximum Gasteiger partial charge on any atom is 0.409 e. The Hall–Kier alpha value is -1.30. The number of hydrogen-bond acceptors (Lipinski definition) is 4. The summed E-state index contributed by atoms with van der Waals surface area (Å²) in [5.74, 6) is -0.806. The molecule has 1 saturated carbocycles. The molecule has 2 unspecified atom stereocenters. The monoisotopic (exact) mass is 298 g/mol. The quantitative estimate of drug-likeness (QED) is 0.828. The molecule has 1 saturated heterocycles. The zero-order valence-corrected chi connectivity index (χ0v) is 12.7. The summed E-state index contributed by atoms with van der Waals surface area (Å²) in [7, 11) is 1.37. The van der Waals surface area contributed by atoms with Gasteiger partial charge in [-0.3, -0.25) is 4.79 Å². The van der Waals surface area contributed by atoms with Crippen molar-refractivity contribution in [2.75, 3.05) is 20.2 Å². The van der Waals surface area contributed by atoms with Crippen LogP contribution in [0, 0.1) is 5.92 Å². The highest BCUT2D eigenvalue weighted by atomic mass is 16.5. The molecule has 2 aliphatic rings. The lowest BCUT2D eigenvalue weighted by atomic mass is 9.89. The van der Waals surface area contributed by atoms with Gasteiger partial charge in [0.1, 0.15) is 0 Å².